The van der Waals surface area contributed by atoms with Crippen molar-refractivity contribution < 1.29 is 9.47 Å². The molecule has 2 rings (SSSR count). The zero-order valence-electron chi connectivity index (χ0n) is 13.5. The van der Waals surface area contributed by atoms with Gasteiger partial charge in [0.15, 0.2) is 17.5 Å². The van der Waals surface area contributed by atoms with Crippen LogP contribution in [0.1, 0.15) is 15.3 Å². The highest BCUT2D eigenvalue weighted by molar-refractivity contribution is 14.0. The van der Waals surface area contributed by atoms with Crippen LogP contribution < -0.4 is 20.5 Å². The van der Waals surface area contributed by atoms with Gasteiger partial charge in [-0.25, -0.2) is 4.99 Å². The summed E-state index contributed by atoms with van der Waals surface area (Å²) in [6.07, 6.45) is 0. The zero-order valence-corrected chi connectivity index (χ0v) is 16.6. The van der Waals surface area contributed by atoms with Crippen LogP contribution in [-0.2, 0) is 13.1 Å². The number of thiophene rings is 1. The Morgan fingerprint density at radius 1 is 1.17 bits per heavy atom. The molecule has 0 aliphatic carbocycles. The lowest BCUT2D eigenvalue weighted by atomic mass is 10.2. The number of guanidine groups is 1. The van der Waals surface area contributed by atoms with E-state index < -0.39 is 0 Å². The standard InChI is InChI=1S/C16H21N3O2S.HI/c1-11-4-6-13(22-11)10-19-16(17)18-9-12-5-7-14(20-2)15(8-12)21-3;/h4-8H,9-10H2,1-3H3,(H3,17,18,19);1H. The van der Waals surface area contributed by atoms with Crippen molar-refractivity contribution in [3.05, 3.63) is 45.6 Å². The topological polar surface area (TPSA) is 68.9 Å². The fourth-order valence-corrected chi connectivity index (χ4v) is 2.80. The molecule has 0 unspecified atom stereocenters. The molecule has 3 N–H and O–H groups in total. The van der Waals surface area contributed by atoms with E-state index in [9.17, 15) is 0 Å². The van der Waals surface area contributed by atoms with Crippen molar-refractivity contribution in [1.29, 1.82) is 0 Å². The van der Waals surface area contributed by atoms with Crippen LogP contribution >= 0.6 is 35.3 Å². The van der Waals surface area contributed by atoms with Crippen LogP contribution in [0.25, 0.3) is 0 Å². The molecule has 7 heteroatoms. The summed E-state index contributed by atoms with van der Waals surface area (Å²) in [6.45, 7) is 3.27. The molecule has 0 saturated heterocycles. The van der Waals surface area contributed by atoms with E-state index in [4.69, 9.17) is 15.2 Å². The number of methoxy groups -OCH3 is 2. The first kappa shape index (κ1) is 19.6. The van der Waals surface area contributed by atoms with Gasteiger partial charge in [0, 0.05) is 9.75 Å². The number of hydrogen-bond acceptors (Lipinski definition) is 4. The SMILES string of the molecule is COc1ccc(CN=C(N)NCc2ccc(C)s2)cc1OC.I. The quantitative estimate of drug-likeness (QED) is 0.405. The summed E-state index contributed by atoms with van der Waals surface area (Å²) in [5, 5.41) is 3.12. The van der Waals surface area contributed by atoms with Crippen molar-refractivity contribution in [2.45, 2.75) is 20.0 Å². The predicted octanol–water partition coefficient (Wildman–Crippen LogP) is 3.30. The number of benzene rings is 1. The van der Waals surface area contributed by atoms with Crippen LogP contribution in [0.4, 0.5) is 0 Å². The van der Waals surface area contributed by atoms with Gasteiger partial charge in [-0.15, -0.1) is 35.3 Å². The van der Waals surface area contributed by atoms with Gasteiger partial charge in [-0.1, -0.05) is 6.07 Å². The molecule has 0 atom stereocenters. The fourth-order valence-electron chi connectivity index (χ4n) is 1.97. The maximum Gasteiger partial charge on any atom is 0.189 e. The van der Waals surface area contributed by atoms with Crippen molar-refractivity contribution in [2.24, 2.45) is 10.7 Å². The molecule has 126 valence electrons. The molecule has 0 radical (unpaired) electrons. The normalized spacial score (nSPS) is 10.8. The molecular weight excluding hydrogens is 425 g/mol. The minimum absolute atomic E-state index is 0. The van der Waals surface area contributed by atoms with E-state index in [2.05, 4.69) is 29.4 Å². The number of nitrogens with one attached hydrogen (secondary N) is 1. The minimum Gasteiger partial charge on any atom is -0.493 e. The molecule has 0 fully saturated rings. The van der Waals surface area contributed by atoms with Crippen molar-refractivity contribution in [2.75, 3.05) is 14.2 Å². The third-order valence-electron chi connectivity index (χ3n) is 3.12. The zero-order chi connectivity index (χ0) is 15.9. The third kappa shape index (κ3) is 5.91. The number of ether oxygens (including phenoxy) is 2. The van der Waals surface area contributed by atoms with Crippen molar-refractivity contribution >= 4 is 41.3 Å². The number of hydrogen-bond donors (Lipinski definition) is 2. The second-order valence-corrected chi connectivity index (χ2v) is 6.13. The number of nitrogens with zero attached hydrogens (tertiary/aromatic N) is 1. The lowest BCUT2D eigenvalue weighted by Gasteiger charge is -2.09. The van der Waals surface area contributed by atoms with E-state index in [1.807, 2.05) is 18.2 Å². The fraction of sp³-hybridized carbons (Fsp3) is 0.312. The molecule has 1 aromatic carbocycles. The minimum atomic E-state index is 0. The van der Waals surface area contributed by atoms with Gasteiger partial charge < -0.3 is 20.5 Å². The summed E-state index contributed by atoms with van der Waals surface area (Å²) in [4.78, 5) is 6.87. The molecule has 0 spiro atoms. The largest absolute Gasteiger partial charge is 0.493 e. The Hall–Kier alpha value is -1.48. The van der Waals surface area contributed by atoms with Gasteiger partial charge in [0.25, 0.3) is 0 Å². The molecule has 0 bridgehead atoms. The van der Waals surface area contributed by atoms with E-state index in [1.165, 1.54) is 9.75 Å². The second kappa shape index (κ2) is 9.61. The highest BCUT2D eigenvalue weighted by Crippen LogP contribution is 2.27. The van der Waals surface area contributed by atoms with Crippen molar-refractivity contribution in [1.82, 2.24) is 5.32 Å². The smallest absolute Gasteiger partial charge is 0.189 e. The van der Waals surface area contributed by atoms with Gasteiger partial charge in [0.2, 0.25) is 0 Å². The van der Waals surface area contributed by atoms with Crippen molar-refractivity contribution in [3.63, 3.8) is 0 Å². The Balaban J connectivity index is 0.00000264. The summed E-state index contributed by atoms with van der Waals surface area (Å²) >= 11 is 1.75. The number of aliphatic imine (C=N–C) groups is 1. The number of nitrogens with two attached hydrogens (primary N) is 1. The Labute approximate surface area is 157 Å². The number of halogens is 1. The molecular formula is C16H22IN3O2S. The van der Waals surface area contributed by atoms with E-state index in [1.54, 1.807) is 25.6 Å². The first-order chi connectivity index (χ1) is 10.6. The first-order valence-corrected chi connectivity index (χ1v) is 7.74. The summed E-state index contributed by atoms with van der Waals surface area (Å²) in [7, 11) is 3.23. The summed E-state index contributed by atoms with van der Waals surface area (Å²) in [6, 6.07) is 9.90. The Kier molecular flexibility index (Phi) is 8.18. The highest BCUT2D eigenvalue weighted by atomic mass is 127. The Bertz CT molecular complexity index is 659. The Morgan fingerprint density at radius 2 is 1.91 bits per heavy atom. The van der Waals surface area contributed by atoms with Crippen LogP contribution in [0, 0.1) is 6.92 Å². The van der Waals surface area contributed by atoms with Crippen LogP contribution in [0.15, 0.2) is 35.3 Å². The molecule has 5 nitrogen and oxygen atoms in total. The van der Waals surface area contributed by atoms with Crippen LogP contribution in [0.3, 0.4) is 0 Å². The molecule has 2 aromatic rings. The maximum absolute atomic E-state index is 5.89. The van der Waals surface area contributed by atoms with Crippen LogP contribution in [0.2, 0.25) is 0 Å². The lowest BCUT2D eigenvalue weighted by Crippen LogP contribution is -2.30. The molecule has 23 heavy (non-hydrogen) atoms. The van der Waals surface area contributed by atoms with Crippen LogP contribution in [0.5, 0.6) is 11.5 Å². The number of rotatable bonds is 6. The monoisotopic (exact) mass is 447 g/mol. The van der Waals surface area contributed by atoms with Gasteiger partial charge in [-0.3, -0.25) is 0 Å². The van der Waals surface area contributed by atoms with Crippen molar-refractivity contribution in [3.8, 4) is 11.5 Å². The van der Waals surface area contributed by atoms with Gasteiger partial charge in [-0.2, -0.15) is 0 Å². The van der Waals surface area contributed by atoms with E-state index in [-0.39, 0.29) is 24.0 Å². The summed E-state index contributed by atoms with van der Waals surface area (Å²) in [5.41, 5.74) is 6.90. The Morgan fingerprint density at radius 3 is 2.52 bits per heavy atom. The van der Waals surface area contributed by atoms with Gasteiger partial charge in [0.05, 0.1) is 27.3 Å². The van der Waals surface area contributed by atoms with E-state index >= 15 is 0 Å². The van der Waals surface area contributed by atoms with Gasteiger partial charge in [-0.05, 0) is 36.8 Å². The maximum atomic E-state index is 5.89. The molecule has 0 aliphatic heterocycles. The van der Waals surface area contributed by atoms with Crippen LogP contribution in [-0.4, -0.2) is 20.2 Å². The van der Waals surface area contributed by atoms with Gasteiger partial charge in [0.1, 0.15) is 0 Å². The van der Waals surface area contributed by atoms with E-state index in [0.717, 1.165) is 5.56 Å². The molecule has 0 amide bonds. The van der Waals surface area contributed by atoms with E-state index in [0.29, 0.717) is 30.5 Å². The highest BCUT2D eigenvalue weighted by Gasteiger charge is 2.04. The lowest BCUT2D eigenvalue weighted by molar-refractivity contribution is 0.354. The average molecular weight is 447 g/mol. The summed E-state index contributed by atoms with van der Waals surface area (Å²) in [5.74, 6) is 1.83. The third-order valence-corrected chi connectivity index (χ3v) is 4.12. The van der Waals surface area contributed by atoms with Gasteiger partial charge >= 0.3 is 0 Å². The average Bonchev–Trinajstić information content (AvgIpc) is 2.96. The molecule has 0 aliphatic rings. The molecule has 1 aromatic heterocycles. The predicted molar refractivity (Wildman–Crippen MR) is 106 cm³/mol. The number of aryl methyl sites for hydroxylation is 1. The summed E-state index contributed by atoms with van der Waals surface area (Å²) < 4.78 is 10.5. The first-order valence-electron chi connectivity index (χ1n) is 6.92. The molecule has 1 heterocycles. The molecule has 0 saturated carbocycles. The second-order valence-electron chi connectivity index (χ2n) is 4.76.